The fraction of sp³-hybridized carbons (Fsp3) is 0.375. The first-order valence-corrected chi connectivity index (χ1v) is 10.3. The van der Waals surface area contributed by atoms with E-state index >= 15 is 0 Å². The van der Waals surface area contributed by atoms with Gasteiger partial charge in [0, 0.05) is 38.2 Å². The van der Waals surface area contributed by atoms with E-state index in [0.29, 0.717) is 49.0 Å². The van der Waals surface area contributed by atoms with Gasteiger partial charge in [-0.3, -0.25) is 14.6 Å². The van der Waals surface area contributed by atoms with E-state index in [-0.39, 0.29) is 11.3 Å². The summed E-state index contributed by atoms with van der Waals surface area (Å²) in [6.07, 6.45) is 3.80. The summed E-state index contributed by atoms with van der Waals surface area (Å²) in [5.41, 5.74) is 1.17. The number of carbonyl (C=O) groups excluding carboxylic acids is 2. The number of Topliss-reactive ketones (excluding diaryl/α,β-unsaturated/α-hetero) is 1. The zero-order valence-corrected chi connectivity index (χ0v) is 18.1. The number of pyridine rings is 1. The van der Waals surface area contributed by atoms with Crippen molar-refractivity contribution in [2.24, 2.45) is 5.92 Å². The number of aromatic nitrogens is 1. The molecule has 1 saturated heterocycles. The van der Waals surface area contributed by atoms with Gasteiger partial charge in [0.25, 0.3) is 11.7 Å². The van der Waals surface area contributed by atoms with Crippen molar-refractivity contribution in [1.82, 2.24) is 9.88 Å². The minimum absolute atomic E-state index is 0.0614. The van der Waals surface area contributed by atoms with E-state index in [1.807, 2.05) is 0 Å². The molecule has 0 aliphatic carbocycles. The van der Waals surface area contributed by atoms with Crippen LogP contribution in [0.15, 0.2) is 54.4 Å². The molecular formula is C24H28N2O5. The van der Waals surface area contributed by atoms with Crippen LogP contribution in [0, 0.1) is 5.92 Å². The molecule has 1 amide bonds. The lowest BCUT2D eigenvalue weighted by Crippen LogP contribution is -2.31. The molecule has 1 unspecified atom stereocenters. The highest BCUT2D eigenvalue weighted by atomic mass is 16.5. The van der Waals surface area contributed by atoms with Gasteiger partial charge in [0.05, 0.1) is 18.2 Å². The Morgan fingerprint density at radius 3 is 2.55 bits per heavy atom. The molecule has 3 rings (SSSR count). The van der Waals surface area contributed by atoms with E-state index in [1.54, 1.807) is 55.9 Å². The van der Waals surface area contributed by atoms with Crippen LogP contribution in [-0.2, 0) is 14.3 Å². The molecule has 1 fully saturated rings. The summed E-state index contributed by atoms with van der Waals surface area (Å²) in [4.78, 5) is 31.3. The van der Waals surface area contributed by atoms with Gasteiger partial charge >= 0.3 is 0 Å². The molecule has 0 bridgehead atoms. The predicted molar refractivity (Wildman–Crippen MR) is 117 cm³/mol. The molecule has 1 aliphatic heterocycles. The smallest absolute Gasteiger partial charge is 0.295 e. The normalized spacial score (nSPS) is 18.1. The third-order valence-electron chi connectivity index (χ3n) is 5.00. The Labute approximate surface area is 182 Å². The van der Waals surface area contributed by atoms with E-state index < -0.39 is 17.7 Å². The molecule has 164 valence electrons. The number of ketones is 1. The molecule has 1 aromatic carbocycles. The zero-order chi connectivity index (χ0) is 22.4. The molecular weight excluding hydrogens is 396 g/mol. The Balaban J connectivity index is 1.98. The monoisotopic (exact) mass is 424 g/mol. The van der Waals surface area contributed by atoms with Gasteiger partial charge in [-0.15, -0.1) is 0 Å². The van der Waals surface area contributed by atoms with E-state index in [1.165, 1.54) is 4.90 Å². The maximum absolute atomic E-state index is 12.9. The van der Waals surface area contributed by atoms with Gasteiger partial charge in [-0.2, -0.15) is 0 Å². The first-order chi connectivity index (χ1) is 14.9. The van der Waals surface area contributed by atoms with Crippen LogP contribution in [0.25, 0.3) is 5.76 Å². The number of ether oxygens (including phenoxy) is 2. The average Bonchev–Trinajstić information content (AvgIpc) is 3.03. The number of rotatable bonds is 9. The number of aliphatic hydroxyl groups excluding tert-OH is 1. The lowest BCUT2D eigenvalue weighted by molar-refractivity contribution is -0.140. The summed E-state index contributed by atoms with van der Waals surface area (Å²) in [6.45, 7) is 5.49. The number of hydrogen-bond acceptors (Lipinski definition) is 6. The number of nitrogens with zero attached hydrogens (tertiary/aromatic N) is 2. The molecule has 31 heavy (non-hydrogen) atoms. The Kier molecular flexibility index (Phi) is 7.41. The van der Waals surface area contributed by atoms with Crippen molar-refractivity contribution in [3.05, 3.63) is 65.5 Å². The molecule has 1 N–H and O–H groups in total. The van der Waals surface area contributed by atoms with Crippen LogP contribution in [0.1, 0.15) is 37.4 Å². The largest absolute Gasteiger partial charge is 0.507 e. The van der Waals surface area contributed by atoms with E-state index in [9.17, 15) is 14.7 Å². The molecule has 1 aliphatic rings. The van der Waals surface area contributed by atoms with Crippen LogP contribution < -0.4 is 4.74 Å². The Morgan fingerprint density at radius 1 is 1.19 bits per heavy atom. The lowest BCUT2D eigenvalue weighted by Gasteiger charge is -2.25. The Morgan fingerprint density at radius 2 is 1.94 bits per heavy atom. The van der Waals surface area contributed by atoms with Crippen LogP contribution in [0.3, 0.4) is 0 Å². The molecule has 0 saturated carbocycles. The van der Waals surface area contributed by atoms with Crippen LogP contribution in [0.4, 0.5) is 0 Å². The average molecular weight is 424 g/mol. The summed E-state index contributed by atoms with van der Waals surface area (Å²) >= 11 is 0. The number of aliphatic hydroxyl groups is 1. The zero-order valence-electron chi connectivity index (χ0n) is 18.1. The molecule has 0 spiro atoms. The van der Waals surface area contributed by atoms with Crippen LogP contribution in [0.5, 0.6) is 5.75 Å². The van der Waals surface area contributed by atoms with Gasteiger partial charge < -0.3 is 19.5 Å². The van der Waals surface area contributed by atoms with Gasteiger partial charge in [0.1, 0.15) is 11.5 Å². The predicted octanol–water partition coefficient (Wildman–Crippen LogP) is 3.57. The van der Waals surface area contributed by atoms with Gasteiger partial charge in [-0.1, -0.05) is 19.9 Å². The maximum Gasteiger partial charge on any atom is 0.295 e. The highest BCUT2D eigenvalue weighted by Crippen LogP contribution is 2.39. The van der Waals surface area contributed by atoms with Crippen molar-refractivity contribution in [3.8, 4) is 5.75 Å². The van der Waals surface area contributed by atoms with Crippen LogP contribution in [0.2, 0.25) is 0 Å². The minimum Gasteiger partial charge on any atom is -0.507 e. The van der Waals surface area contributed by atoms with Crippen molar-refractivity contribution in [2.45, 2.75) is 26.3 Å². The third-order valence-corrected chi connectivity index (χ3v) is 5.00. The number of likely N-dealkylation sites (tertiary alicyclic amines) is 1. The molecule has 2 aromatic rings. The molecule has 0 radical (unpaired) electrons. The maximum atomic E-state index is 12.9. The first kappa shape index (κ1) is 22.5. The highest BCUT2D eigenvalue weighted by molar-refractivity contribution is 6.46. The lowest BCUT2D eigenvalue weighted by atomic mass is 9.96. The minimum atomic E-state index is -0.706. The van der Waals surface area contributed by atoms with Crippen molar-refractivity contribution in [3.63, 3.8) is 0 Å². The third kappa shape index (κ3) is 5.11. The van der Waals surface area contributed by atoms with Gasteiger partial charge in [-0.25, -0.2) is 0 Å². The standard InChI is InChI=1S/C24H28N2O5/c1-16(2)15-31-19-9-7-17(8-10-19)22(27)20-21(18-6-4-11-25-14-18)26(12-5-13-30-3)24(29)23(20)28/h4,6-11,14,16,21,27H,5,12-13,15H2,1-3H3. The molecule has 2 heterocycles. The molecule has 7 heteroatoms. The van der Waals surface area contributed by atoms with Crippen molar-refractivity contribution in [1.29, 1.82) is 0 Å². The number of methoxy groups -OCH3 is 1. The SMILES string of the molecule is COCCCN1C(=O)C(=O)C(=C(O)c2ccc(OCC(C)C)cc2)C1c1cccnc1. The summed E-state index contributed by atoms with van der Waals surface area (Å²) < 4.78 is 10.8. The van der Waals surface area contributed by atoms with Crippen molar-refractivity contribution >= 4 is 17.4 Å². The van der Waals surface area contributed by atoms with Gasteiger partial charge in [0.2, 0.25) is 0 Å². The number of hydrogen-bond donors (Lipinski definition) is 1. The molecule has 1 atom stereocenters. The quantitative estimate of drug-likeness (QED) is 0.286. The second-order valence-corrected chi connectivity index (χ2v) is 7.85. The second kappa shape index (κ2) is 10.2. The highest BCUT2D eigenvalue weighted by Gasteiger charge is 2.45. The summed E-state index contributed by atoms with van der Waals surface area (Å²) in [6, 6.07) is 9.68. The Hall–Kier alpha value is -3.19. The van der Waals surface area contributed by atoms with E-state index in [2.05, 4.69) is 18.8 Å². The summed E-state index contributed by atoms with van der Waals surface area (Å²) in [7, 11) is 1.58. The van der Waals surface area contributed by atoms with E-state index in [4.69, 9.17) is 9.47 Å². The van der Waals surface area contributed by atoms with Crippen LogP contribution >= 0.6 is 0 Å². The number of amides is 1. The first-order valence-electron chi connectivity index (χ1n) is 10.3. The van der Waals surface area contributed by atoms with Crippen LogP contribution in [-0.4, -0.2) is 53.5 Å². The summed E-state index contributed by atoms with van der Waals surface area (Å²) in [5.74, 6) is -0.486. The second-order valence-electron chi connectivity index (χ2n) is 7.85. The Bertz CT molecular complexity index is 938. The van der Waals surface area contributed by atoms with Gasteiger partial charge in [0.15, 0.2) is 0 Å². The van der Waals surface area contributed by atoms with Crippen molar-refractivity contribution in [2.75, 3.05) is 26.9 Å². The summed E-state index contributed by atoms with van der Waals surface area (Å²) in [5, 5.41) is 11.0. The fourth-order valence-electron chi connectivity index (χ4n) is 3.50. The van der Waals surface area contributed by atoms with Crippen molar-refractivity contribution < 1.29 is 24.2 Å². The molecule has 7 nitrogen and oxygen atoms in total. The van der Waals surface area contributed by atoms with E-state index in [0.717, 1.165) is 0 Å². The molecule has 1 aromatic heterocycles. The number of benzene rings is 1. The topological polar surface area (TPSA) is 89.0 Å². The fourth-order valence-corrected chi connectivity index (χ4v) is 3.50. The van der Waals surface area contributed by atoms with Gasteiger partial charge in [-0.05, 0) is 48.2 Å². The number of carbonyl (C=O) groups is 2.